The van der Waals surface area contributed by atoms with Gasteiger partial charge in [0.05, 0.1) is 11.1 Å². The van der Waals surface area contributed by atoms with Gasteiger partial charge < -0.3 is 14.8 Å². The minimum Gasteiger partial charge on any atom is -0.350 e. The van der Waals surface area contributed by atoms with Gasteiger partial charge in [0.25, 0.3) is 5.91 Å². The summed E-state index contributed by atoms with van der Waals surface area (Å²) in [6.07, 6.45) is -7.69. The Morgan fingerprint density at radius 2 is 1.67 bits per heavy atom. The van der Waals surface area contributed by atoms with E-state index in [0.29, 0.717) is 31.6 Å². The van der Waals surface area contributed by atoms with Gasteiger partial charge >= 0.3 is 12.4 Å². The van der Waals surface area contributed by atoms with Crippen LogP contribution in [0.1, 0.15) is 27.0 Å². The van der Waals surface area contributed by atoms with Gasteiger partial charge in [-0.15, -0.1) is 0 Å². The molecule has 33 heavy (non-hydrogen) atoms. The van der Waals surface area contributed by atoms with Gasteiger partial charge in [0, 0.05) is 55.4 Å². The van der Waals surface area contributed by atoms with E-state index in [0.717, 1.165) is 16.5 Å². The van der Waals surface area contributed by atoms with Crippen LogP contribution in [0.25, 0.3) is 10.9 Å². The summed E-state index contributed by atoms with van der Waals surface area (Å²) >= 11 is 0. The van der Waals surface area contributed by atoms with E-state index in [-0.39, 0.29) is 12.6 Å². The van der Waals surface area contributed by atoms with Crippen molar-refractivity contribution in [3.63, 3.8) is 0 Å². The summed E-state index contributed by atoms with van der Waals surface area (Å²) in [5, 5.41) is 4.14. The Bertz CT molecular complexity index is 1150. The van der Waals surface area contributed by atoms with Crippen molar-refractivity contribution in [2.24, 2.45) is 7.05 Å². The Labute approximate surface area is 185 Å². The summed E-state index contributed by atoms with van der Waals surface area (Å²) in [6.45, 7) is 0.939. The summed E-state index contributed by atoms with van der Waals surface area (Å²) in [5.74, 6) is -0.849. The number of hydrogen-bond acceptors (Lipinski definition) is 2. The minimum absolute atomic E-state index is 0.0299. The largest absolute Gasteiger partial charge is 0.416 e. The Hall–Kier alpha value is -3.01. The van der Waals surface area contributed by atoms with Crippen molar-refractivity contribution >= 4 is 16.8 Å². The fourth-order valence-corrected chi connectivity index (χ4v) is 4.30. The number of para-hydroxylation sites is 1. The van der Waals surface area contributed by atoms with Crippen LogP contribution in [0.4, 0.5) is 26.3 Å². The highest BCUT2D eigenvalue weighted by molar-refractivity contribution is 5.95. The van der Waals surface area contributed by atoms with Crippen LogP contribution in [0, 0.1) is 0 Å². The first-order valence-corrected chi connectivity index (χ1v) is 10.3. The van der Waals surface area contributed by atoms with Crippen LogP contribution >= 0.6 is 0 Å². The van der Waals surface area contributed by atoms with E-state index in [9.17, 15) is 31.1 Å². The monoisotopic (exact) mass is 469 g/mol. The summed E-state index contributed by atoms with van der Waals surface area (Å²) in [7, 11) is 1.88. The molecule has 4 nitrogen and oxygen atoms in total. The molecule has 0 unspecified atom stereocenters. The van der Waals surface area contributed by atoms with Gasteiger partial charge in [0.15, 0.2) is 0 Å². The predicted molar refractivity (Wildman–Crippen MR) is 111 cm³/mol. The topological polar surface area (TPSA) is 37.3 Å². The second-order valence-corrected chi connectivity index (χ2v) is 8.14. The second kappa shape index (κ2) is 8.40. The first-order chi connectivity index (χ1) is 15.4. The third-order valence-corrected chi connectivity index (χ3v) is 5.88. The molecule has 4 rings (SSSR count). The zero-order chi connectivity index (χ0) is 24.0. The highest BCUT2D eigenvalue weighted by Crippen LogP contribution is 2.37. The minimum atomic E-state index is -5.01. The molecule has 2 heterocycles. The molecule has 1 atom stereocenters. The number of nitrogens with zero attached hydrogens (tertiary/aromatic N) is 2. The lowest BCUT2D eigenvalue weighted by Gasteiger charge is -2.36. The van der Waals surface area contributed by atoms with E-state index in [1.807, 2.05) is 42.1 Å². The Kier molecular flexibility index (Phi) is 5.90. The first-order valence-electron chi connectivity index (χ1n) is 10.3. The maximum Gasteiger partial charge on any atom is 0.416 e. The van der Waals surface area contributed by atoms with Crippen molar-refractivity contribution in [2.45, 2.75) is 24.8 Å². The van der Waals surface area contributed by atoms with Crippen LogP contribution < -0.4 is 5.32 Å². The average molecular weight is 469 g/mol. The van der Waals surface area contributed by atoms with E-state index < -0.39 is 41.0 Å². The molecule has 1 aliphatic rings. The maximum atomic E-state index is 13.3. The molecule has 2 aromatic carbocycles. The molecule has 1 N–H and O–H groups in total. The summed E-state index contributed by atoms with van der Waals surface area (Å²) < 4.78 is 81.5. The van der Waals surface area contributed by atoms with E-state index in [4.69, 9.17) is 0 Å². The fourth-order valence-electron chi connectivity index (χ4n) is 4.30. The molecule has 0 radical (unpaired) electrons. The molecule has 1 fully saturated rings. The van der Waals surface area contributed by atoms with Crippen LogP contribution in [-0.2, 0) is 25.8 Å². The standard InChI is InChI=1S/C23H21F6N3O/c1-31-13-15(19-4-2-3-5-20(19)31)10-18-12-30-6-7-32(18)21(33)14-8-16(22(24,25)26)11-17(9-14)23(27,28)29/h2-5,8-9,11,13,18,30H,6-7,10,12H2,1H3/t18-/m1/s1. The number of aryl methyl sites for hydroxylation is 1. The highest BCUT2D eigenvalue weighted by atomic mass is 19.4. The van der Waals surface area contributed by atoms with Gasteiger partial charge in [-0.25, -0.2) is 0 Å². The number of rotatable bonds is 3. The van der Waals surface area contributed by atoms with E-state index in [1.165, 1.54) is 4.90 Å². The van der Waals surface area contributed by atoms with Crippen molar-refractivity contribution < 1.29 is 31.1 Å². The third-order valence-electron chi connectivity index (χ3n) is 5.88. The zero-order valence-electron chi connectivity index (χ0n) is 17.6. The highest BCUT2D eigenvalue weighted by Gasteiger charge is 2.38. The lowest BCUT2D eigenvalue weighted by atomic mass is 9.99. The van der Waals surface area contributed by atoms with E-state index >= 15 is 0 Å². The Morgan fingerprint density at radius 3 is 2.30 bits per heavy atom. The van der Waals surface area contributed by atoms with Gasteiger partial charge in [-0.3, -0.25) is 4.79 Å². The zero-order valence-corrected chi connectivity index (χ0v) is 17.6. The van der Waals surface area contributed by atoms with Crippen LogP contribution in [0.5, 0.6) is 0 Å². The average Bonchev–Trinajstić information content (AvgIpc) is 3.08. The predicted octanol–water partition coefficient (Wildman–Crippen LogP) is 4.87. The van der Waals surface area contributed by atoms with Crippen molar-refractivity contribution in [2.75, 3.05) is 19.6 Å². The number of carbonyl (C=O) groups is 1. The van der Waals surface area contributed by atoms with Gasteiger partial charge in [-0.1, -0.05) is 18.2 Å². The number of piperazine rings is 1. The van der Waals surface area contributed by atoms with Gasteiger partial charge in [-0.05, 0) is 36.2 Å². The molecule has 1 aliphatic heterocycles. The molecule has 0 bridgehead atoms. The first kappa shape index (κ1) is 23.2. The maximum absolute atomic E-state index is 13.3. The molecule has 10 heteroatoms. The molecule has 0 saturated carbocycles. The van der Waals surface area contributed by atoms with Gasteiger partial charge in [0.1, 0.15) is 0 Å². The van der Waals surface area contributed by atoms with Crippen LogP contribution in [-0.4, -0.2) is 41.1 Å². The number of aromatic nitrogens is 1. The number of nitrogens with one attached hydrogen (secondary N) is 1. The van der Waals surface area contributed by atoms with Crippen molar-refractivity contribution in [1.82, 2.24) is 14.8 Å². The molecular formula is C23H21F6N3O. The number of amides is 1. The molecule has 0 spiro atoms. The van der Waals surface area contributed by atoms with Crippen molar-refractivity contribution in [3.05, 3.63) is 70.9 Å². The number of benzene rings is 2. The number of hydrogen-bond donors (Lipinski definition) is 1. The summed E-state index contributed by atoms with van der Waals surface area (Å²) in [4.78, 5) is 14.6. The number of carbonyl (C=O) groups excluding carboxylic acids is 1. The van der Waals surface area contributed by atoms with Crippen LogP contribution in [0.15, 0.2) is 48.7 Å². The quantitative estimate of drug-likeness (QED) is 0.556. The normalized spacial score (nSPS) is 17.5. The third kappa shape index (κ3) is 4.71. The molecule has 1 saturated heterocycles. The number of halogens is 6. The summed E-state index contributed by atoms with van der Waals surface area (Å²) in [5.41, 5.74) is -1.69. The lowest BCUT2D eigenvalue weighted by molar-refractivity contribution is -0.143. The smallest absolute Gasteiger partial charge is 0.350 e. The van der Waals surface area contributed by atoms with Crippen molar-refractivity contribution in [3.8, 4) is 0 Å². The van der Waals surface area contributed by atoms with Crippen LogP contribution in [0.2, 0.25) is 0 Å². The molecule has 1 amide bonds. The SMILES string of the molecule is Cn1cc(C[C@@H]2CNCCN2C(=O)c2cc(C(F)(F)F)cc(C(F)(F)F)c2)c2ccccc21. The van der Waals surface area contributed by atoms with E-state index in [2.05, 4.69) is 5.32 Å². The number of fused-ring (bicyclic) bond motifs is 1. The molecular weight excluding hydrogens is 448 g/mol. The van der Waals surface area contributed by atoms with Crippen LogP contribution in [0.3, 0.4) is 0 Å². The fraction of sp³-hybridized carbons (Fsp3) is 0.348. The summed E-state index contributed by atoms with van der Waals surface area (Å²) in [6, 6.07) is 8.26. The van der Waals surface area contributed by atoms with Crippen molar-refractivity contribution in [1.29, 1.82) is 0 Å². The van der Waals surface area contributed by atoms with Gasteiger partial charge in [0.2, 0.25) is 0 Å². The Balaban J connectivity index is 1.69. The lowest BCUT2D eigenvalue weighted by Crippen LogP contribution is -2.54. The molecule has 1 aromatic heterocycles. The Morgan fingerprint density at radius 1 is 1.03 bits per heavy atom. The molecule has 3 aromatic rings. The molecule has 176 valence electrons. The van der Waals surface area contributed by atoms with Gasteiger partial charge in [-0.2, -0.15) is 26.3 Å². The number of alkyl halides is 6. The van der Waals surface area contributed by atoms with E-state index in [1.54, 1.807) is 0 Å². The molecule has 0 aliphatic carbocycles. The second-order valence-electron chi connectivity index (χ2n) is 8.14.